The quantitative estimate of drug-likeness (QED) is 0.920. The minimum Gasteiger partial charge on any atom is -0.491 e. The van der Waals surface area contributed by atoms with E-state index in [0.717, 1.165) is 50.3 Å². The van der Waals surface area contributed by atoms with Gasteiger partial charge in [0.1, 0.15) is 5.75 Å². The molecule has 0 radical (unpaired) electrons. The second-order valence-electron chi connectivity index (χ2n) is 6.22. The van der Waals surface area contributed by atoms with Gasteiger partial charge in [-0.15, -0.1) is 0 Å². The van der Waals surface area contributed by atoms with Crippen LogP contribution in [0.15, 0.2) is 24.3 Å². The molecule has 0 aromatic heterocycles. The number of benzene rings is 1. The zero-order chi connectivity index (χ0) is 14.7. The monoisotopic (exact) mass is 291 g/mol. The normalized spacial score (nSPS) is 21.9. The number of hydrogen-bond donors (Lipinski definition) is 1. The first-order valence-electron chi connectivity index (χ1n) is 7.96. The molecule has 2 aliphatic rings. The Kier molecular flexibility index (Phi) is 4.36. The molecule has 1 aromatic carbocycles. The zero-order valence-electron chi connectivity index (χ0n) is 12.9. The molecule has 1 saturated carbocycles. The summed E-state index contributed by atoms with van der Waals surface area (Å²) in [6.07, 6.45) is 4.36. The largest absolute Gasteiger partial charge is 0.491 e. The van der Waals surface area contributed by atoms with Crippen LogP contribution in [0.1, 0.15) is 39.5 Å². The van der Waals surface area contributed by atoms with Crippen molar-refractivity contribution in [3.05, 3.63) is 24.3 Å². The van der Waals surface area contributed by atoms with Crippen LogP contribution in [0, 0.1) is 0 Å². The Bertz CT molecular complexity index is 442. The molecule has 0 bridgehead atoms. The minimum absolute atomic E-state index is 0.213. The van der Waals surface area contributed by atoms with Crippen LogP contribution in [0.25, 0.3) is 0 Å². The molecule has 1 aliphatic heterocycles. The summed E-state index contributed by atoms with van der Waals surface area (Å²) in [7, 11) is 0. The van der Waals surface area contributed by atoms with Crippen molar-refractivity contribution in [1.29, 1.82) is 0 Å². The van der Waals surface area contributed by atoms with Gasteiger partial charge in [-0.25, -0.2) is 0 Å². The third-order valence-electron chi connectivity index (χ3n) is 4.16. The van der Waals surface area contributed by atoms with Gasteiger partial charge in [0.05, 0.1) is 19.3 Å². The Hall–Kier alpha value is -1.26. The summed E-state index contributed by atoms with van der Waals surface area (Å²) in [6, 6.07) is 8.72. The summed E-state index contributed by atoms with van der Waals surface area (Å²) in [6.45, 7) is 5.57. The van der Waals surface area contributed by atoms with Crippen molar-refractivity contribution >= 4 is 5.69 Å². The van der Waals surface area contributed by atoms with Crippen molar-refractivity contribution in [3.8, 4) is 5.75 Å². The lowest BCUT2D eigenvalue weighted by Crippen LogP contribution is -2.39. The van der Waals surface area contributed by atoms with E-state index in [9.17, 15) is 0 Å². The first kappa shape index (κ1) is 14.7. The highest BCUT2D eigenvalue weighted by Crippen LogP contribution is 2.36. The smallest absolute Gasteiger partial charge is 0.168 e. The lowest BCUT2D eigenvalue weighted by molar-refractivity contribution is -0.177. The van der Waals surface area contributed by atoms with Crippen LogP contribution in [0.3, 0.4) is 0 Å². The van der Waals surface area contributed by atoms with Crippen molar-refractivity contribution in [3.63, 3.8) is 0 Å². The van der Waals surface area contributed by atoms with Crippen LogP contribution in [0.4, 0.5) is 5.69 Å². The van der Waals surface area contributed by atoms with Crippen LogP contribution in [-0.4, -0.2) is 31.1 Å². The van der Waals surface area contributed by atoms with E-state index in [1.807, 2.05) is 26.0 Å². The molecular formula is C17H25NO3. The van der Waals surface area contributed by atoms with Gasteiger partial charge in [-0.2, -0.15) is 0 Å². The zero-order valence-corrected chi connectivity index (χ0v) is 12.9. The Balaban J connectivity index is 1.51. The second-order valence-corrected chi connectivity index (χ2v) is 6.22. The van der Waals surface area contributed by atoms with Gasteiger partial charge < -0.3 is 19.5 Å². The third kappa shape index (κ3) is 3.69. The molecule has 1 aromatic rings. The Morgan fingerprint density at radius 1 is 1.10 bits per heavy atom. The Morgan fingerprint density at radius 3 is 2.29 bits per heavy atom. The molecule has 3 rings (SSSR count). The molecule has 116 valence electrons. The molecule has 1 saturated heterocycles. The number of rotatable bonds is 4. The van der Waals surface area contributed by atoms with E-state index in [4.69, 9.17) is 14.2 Å². The number of ether oxygens (including phenoxy) is 3. The molecule has 1 heterocycles. The highest BCUT2D eigenvalue weighted by molar-refractivity contribution is 5.47. The van der Waals surface area contributed by atoms with Crippen molar-refractivity contribution in [1.82, 2.24) is 0 Å². The number of hydrogen-bond acceptors (Lipinski definition) is 4. The fraction of sp³-hybridized carbons (Fsp3) is 0.647. The molecule has 1 spiro atoms. The maximum atomic E-state index is 5.77. The average Bonchev–Trinajstić information content (AvgIpc) is 2.92. The maximum Gasteiger partial charge on any atom is 0.168 e. The first-order valence-corrected chi connectivity index (χ1v) is 7.96. The van der Waals surface area contributed by atoms with Crippen molar-refractivity contribution in [2.24, 2.45) is 0 Å². The van der Waals surface area contributed by atoms with E-state index in [2.05, 4.69) is 17.4 Å². The molecule has 4 heteroatoms. The van der Waals surface area contributed by atoms with E-state index in [1.54, 1.807) is 0 Å². The van der Waals surface area contributed by atoms with E-state index < -0.39 is 0 Å². The van der Waals surface area contributed by atoms with Crippen LogP contribution in [-0.2, 0) is 9.47 Å². The fourth-order valence-electron chi connectivity index (χ4n) is 3.13. The highest BCUT2D eigenvalue weighted by Gasteiger charge is 2.40. The summed E-state index contributed by atoms with van der Waals surface area (Å²) >= 11 is 0. The molecule has 1 aliphatic carbocycles. The van der Waals surface area contributed by atoms with Gasteiger partial charge in [0, 0.05) is 24.6 Å². The summed E-state index contributed by atoms with van der Waals surface area (Å²) in [5, 5.41) is 3.60. The van der Waals surface area contributed by atoms with E-state index in [0.29, 0.717) is 6.04 Å². The van der Waals surface area contributed by atoms with Crippen LogP contribution >= 0.6 is 0 Å². The van der Waals surface area contributed by atoms with Crippen molar-refractivity contribution in [2.75, 3.05) is 18.5 Å². The minimum atomic E-state index is -0.271. The fourth-order valence-corrected chi connectivity index (χ4v) is 3.13. The van der Waals surface area contributed by atoms with Crippen LogP contribution < -0.4 is 10.1 Å². The second kappa shape index (κ2) is 6.24. The predicted octanol–water partition coefficient (Wildman–Crippen LogP) is 3.57. The molecule has 0 atom stereocenters. The summed E-state index contributed by atoms with van der Waals surface area (Å²) in [4.78, 5) is 0. The summed E-state index contributed by atoms with van der Waals surface area (Å²) in [5.74, 6) is 0.651. The topological polar surface area (TPSA) is 39.7 Å². The van der Waals surface area contributed by atoms with Crippen LogP contribution in [0.5, 0.6) is 5.75 Å². The van der Waals surface area contributed by atoms with Gasteiger partial charge in [0.25, 0.3) is 0 Å². The van der Waals surface area contributed by atoms with Gasteiger partial charge in [-0.3, -0.25) is 0 Å². The summed E-state index contributed by atoms with van der Waals surface area (Å²) in [5.41, 5.74) is 1.15. The summed E-state index contributed by atoms with van der Waals surface area (Å²) < 4.78 is 17.2. The number of anilines is 1. The molecule has 0 unspecified atom stereocenters. The van der Waals surface area contributed by atoms with Crippen LogP contribution in [0.2, 0.25) is 0 Å². The lowest BCUT2D eigenvalue weighted by Gasteiger charge is -2.36. The van der Waals surface area contributed by atoms with E-state index in [1.165, 1.54) is 0 Å². The van der Waals surface area contributed by atoms with Gasteiger partial charge in [0.15, 0.2) is 5.79 Å². The van der Waals surface area contributed by atoms with E-state index >= 15 is 0 Å². The van der Waals surface area contributed by atoms with Gasteiger partial charge >= 0.3 is 0 Å². The molecule has 0 amide bonds. The number of nitrogens with one attached hydrogen (secondary N) is 1. The Labute approximate surface area is 126 Å². The van der Waals surface area contributed by atoms with Crippen molar-refractivity contribution < 1.29 is 14.2 Å². The highest BCUT2D eigenvalue weighted by atomic mass is 16.7. The molecule has 21 heavy (non-hydrogen) atoms. The first-order chi connectivity index (χ1) is 10.2. The van der Waals surface area contributed by atoms with Gasteiger partial charge in [0.2, 0.25) is 0 Å². The molecular weight excluding hydrogens is 266 g/mol. The maximum absolute atomic E-state index is 5.77. The van der Waals surface area contributed by atoms with E-state index in [-0.39, 0.29) is 11.9 Å². The molecule has 1 N–H and O–H groups in total. The lowest BCUT2D eigenvalue weighted by atomic mass is 9.90. The average molecular weight is 291 g/mol. The van der Waals surface area contributed by atoms with Crippen molar-refractivity contribution in [2.45, 2.75) is 57.5 Å². The standard InChI is InChI=1S/C17H25NO3/c1-13(2)21-16-5-3-14(4-6-16)18-15-7-9-17(10-8-15)19-11-12-20-17/h3-6,13,15,18H,7-12H2,1-2H3. The van der Waals surface area contributed by atoms with Gasteiger partial charge in [-0.1, -0.05) is 0 Å². The van der Waals surface area contributed by atoms with Gasteiger partial charge in [-0.05, 0) is 51.0 Å². The molecule has 4 nitrogen and oxygen atoms in total. The third-order valence-corrected chi connectivity index (χ3v) is 4.16. The predicted molar refractivity (Wildman–Crippen MR) is 82.7 cm³/mol. The molecule has 2 fully saturated rings. The Morgan fingerprint density at radius 2 is 1.71 bits per heavy atom. The SMILES string of the molecule is CC(C)Oc1ccc(NC2CCC3(CC2)OCCO3)cc1.